The van der Waals surface area contributed by atoms with Crippen LogP contribution >= 0.6 is 0 Å². The molecular weight excluding hydrogens is 196 g/mol. The topological polar surface area (TPSA) is 13.1 Å². The Bertz CT molecular complexity index is 489. The number of para-hydroxylation sites is 1. The van der Waals surface area contributed by atoms with Crippen molar-refractivity contribution in [2.45, 2.75) is 20.8 Å². The average Bonchev–Trinajstić information content (AvgIpc) is 2.69. The summed E-state index contributed by atoms with van der Waals surface area (Å²) in [6.45, 7) is 9.77. The number of rotatable bonds is 2. The highest BCUT2D eigenvalue weighted by molar-refractivity contribution is 5.90. The van der Waals surface area contributed by atoms with Crippen molar-refractivity contribution in [2.24, 2.45) is 0 Å². The van der Waals surface area contributed by atoms with Gasteiger partial charge in [0.2, 0.25) is 0 Å². The molecule has 0 saturated carbocycles. The van der Waals surface area contributed by atoms with Gasteiger partial charge in [0.1, 0.15) is 11.3 Å². The first kappa shape index (κ1) is 12.3. The van der Waals surface area contributed by atoms with Gasteiger partial charge in [0, 0.05) is 10.9 Å². The van der Waals surface area contributed by atoms with Crippen LogP contribution in [0.25, 0.3) is 23.1 Å². The van der Waals surface area contributed by atoms with E-state index in [0.717, 1.165) is 22.3 Å². The summed E-state index contributed by atoms with van der Waals surface area (Å²) in [5.41, 5.74) is 1.98. The minimum atomic E-state index is 0.878. The fourth-order valence-electron chi connectivity index (χ4n) is 1.57. The second kappa shape index (κ2) is 5.96. The van der Waals surface area contributed by atoms with Crippen LogP contribution in [-0.2, 0) is 0 Å². The van der Waals surface area contributed by atoms with Gasteiger partial charge in [-0.05, 0) is 19.1 Å². The molecule has 1 heterocycles. The molecule has 0 N–H and O–H groups in total. The van der Waals surface area contributed by atoms with Crippen LogP contribution in [0.2, 0.25) is 0 Å². The van der Waals surface area contributed by atoms with Crippen molar-refractivity contribution in [3.63, 3.8) is 0 Å². The van der Waals surface area contributed by atoms with Crippen LogP contribution in [0.4, 0.5) is 0 Å². The lowest BCUT2D eigenvalue weighted by Crippen LogP contribution is -1.70. The lowest BCUT2D eigenvalue weighted by molar-refractivity contribution is 0.603. The molecule has 0 atom stereocenters. The van der Waals surface area contributed by atoms with Crippen molar-refractivity contribution in [3.05, 3.63) is 48.2 Å². The number of benzene rings is 1. The fourth-order valence-corrected chi connectivity index (χ4v) is 1.57. The Kier molecular flexibility index (Phi) is 4.59. The van der Waals surface area contributed by atoms with E-state index in [1.165, 1.54) is 0 Å². The fraction of sp³-hybridized carbons (Fsp3) is 0.200. The predicted octanol–water partition coefficient (Wildman–Crippen LogP) is 5.14. The standard InChI is InChI=1S/C13H12O.C2H6/c1-3-7-12-10(4-2)11-8-5-6-9-13(11)14-12;1-2/h3-9H,2H2,1H3;1-2H3/b7-3-;. The number of allylic oxidation sites excluding steroid dienone is 1. The summed E-state index contributed by atoms with van der Waals surface area (Å²) >= 11 is 0. The first-order valence-corrected chi connectivity index (χ1v) is 5.63. The highest BCUT2D eigenvalue weighted by Crippen LogP contribution is 2.27. The van der Waals surface area contributed by atoms with E-state index < -0.39 is 0 Å². The molecule has 84 valence electrons. The molecule has 1 heteroatoms. The van der Waals surface area contributed by atoms with Gasteiger partial charge in [0.05, 0.1) is 0 Å². The molecule has 2 rings (SSSR count). The number of hydrogen-bond donors (Lipinski definition) is 0. The largest absolute Gasteiger partial charge is 0.456 e. The SMILES string of the molecule is C=Cc1c(/C=C\C)oc2ccccc12.CC. The lowest BCUT2D eigenvalue weighted by atomic mass is 10.1. The number of fused-ring (bicyclic) bond motifs is 1. The molecule has 0 radical (unpaired) electrons. The van der Waals surface area contributed by atoms with E-state index in [1.807, 2.05) is 63.3 Å². The molecule has 16 heavy (non-hydrogen) atoms. The van der Waals surface area contributed by atoms with E-state index in [-0.39, 0.29) is 0 Å². The summed E-state index contributed by atoms with van der Waals surface area (Å²) in [6.07, 6.45) is 5.75. The maximum atomic E-state index is 5.67. The molecule has 0 aliphatic rings. The van der Waals surface area contributed by atoms with E-state index in [0.29, 0.717) is 0 Å². The zero-order valence-corrected chi connectivity index (χ0v) is 10.2. The molecule has 0 spiro atoms. The van der Waals surface area contributed by atoms with Crippen LogP contribution in [-0.4, -0.2) is 0 Å². The molecule has 0 bridgehead atoms. The molecule has 0 aliphatic carbocycles. The Labute approximate surface area is 97.1 Å². The maximum absolute atomic E-state index is 5.67. The van der Waals surface area contributed by atoms with E-state index in [2.05, 4.69) is 6.58 Å². The zero-order valence-electron chi connectivity index (χ0n) is 10.2. The van der Waals surface area contributed by atoms with Crippen LogP contribution in [0.15, 0.2) is 41.3 Å². The van der Waals surface area contributed by atoms with Crippen molar-refractivity contribution in [1.29, 1.82) is 0 Å². The Hall–Kier alpha value is -1.76. The highest BCUT2D eigenvalue weighted by atomic mass is 16.3. The van der Waals surface area contributed by atoms with E-state index in [1.54, 1.807) is 0 Å². The van der Waals surface area contributed by atoms with Gasteiger partial charge in [0.25, 0.3) is 0 Å². The third kappa shape index (κ3) is 2.25. The van der Waals surface area contributed by atoms with E-state index in [4.69, 9.17) is 4.42 Å². The van der Waals surface area contributed by atoms with Gasteiger partial charge in [-0.15, -0.1) is 0 Å². The molecule has 0 fully saturated rings. The van der Waals surface area contributed by atoms with Crippen LogP contribution in [0.3, 0.4) is 0 Å². The first-order chi connectivity index (χ1) is 7.86. The maximum Gasteiger partial charge on any atom is 0.135 e. The summed E-state index contributed by atoms with van der Waals surface area (Å²) in [4.78, 5) is 0. The first-order valence-electron chi connectivity index (χ1n) is 5.63. The Morgan fingerprint density at radius 3 is 2.50 bits per heavy atom. The van der Waals surface area contributed by atoms with Gasteiger partial charge in [0.15, 0.2) is 0 Å². The Balaban J connectivity index is 0.000000606. The molecule has 0 aliphatic heterocycles. The van der Waals surface area contributed by atoms with Gasteiger partial charge in [-0.25, -0.2) is 0 Å². The van der Waals surface area contributed by atoms with E-state index >= 15 is 0 Å². The quantitative estimate of drug-likeness (QED) is 0.675. The van der Waals surface area contributed by atoms with Crippen molar-refractivity contribution >= 4 is 23.1 Å². The summed E-state index contributed by atoms with van der Waals surface area (Å²) in [5.74, 6) is 0.878. The smallest absolute Gasteiger partial charge is 0.135 e. The third-order valence-electron chi connectivity index (χ3n) is 2.18. The normalized spacial score (nSPS) is 10.2. The monoisotopic (exact) mass is 214 g/mol. The van der Waals surface area contributed by atoms with Gasteiger partial charge in [-0.3, -0.25) is 0 Å². The molecular formula is C15H18O. The minimum absolute atomic E-state index is 0.878. The molecule has 0 unspecified atom stereocenters. The summed E-state index contributed by atoms with van der Waals surface area (Å²) < 4.78 is 5.67. The van der Waals surface area contributed by atoms with E-state index in [9.17, 15) is 0 Å². The van der Waals surface area contributed by atoms with Crippen molar-refractivity contribution in [1.82, 2.24) is 0 Å². The van der Waals surface area contributed by atoms with Gasteiger partial charge < -0.3 is 4.42 Å². The van der Waals surface area contributed by atoms with Crippen LogP contribution in [0.5, 0.6) is 0 Å². The second-order valence-electron chi connectivity index (χ2n) is 3.08. The van der Waals surface area contributed by atoms with Gasteiger partial charge in [-0.2, -0.15) is 0 Å². The van der Waals surface area contributed by atoms with Crippen LogP contribution in [0, 0.1) is 0 Å². The molecule has 0 saturated heterocycles. The Morgan fingerprint density at radius 1 is 1.19 bits per heavy atom. The molecule has 1 nitrogen and oxygen atoms in total. The molecule has 2 aromatic rings. The molecule has 0 amide bonds. The molecule has 1 aromatic heterocycles. The van der Waals surface area contributed by atoms with Crippen LogP contribution < -0.4 is 0 Å². The second-order valence-corrected chi connectivity index (χ2v) is 3.08. The summed E-state index contributed by atoms with van der Waals surface area (Å²) in [5, 5.41) is 1.12. The minimum Gasteiger partial charge on any atom is -0.456 e. The Morgan fingerprint density at radius 2 is 1.88 bits per heavy atom. The summed E-state index contributed by atoms with van der Waals surface area (Å²) in [6, 6.07) is 7.99. The van der Waals surface area contributed by atoms with Gasteiger partial charge in [-0.1, -0.05) is 50.8 Å². The van der Waals surface area contributed by atoms with Crippen molar-refractivity contribution in [3.8, 4) is 0 Å². The lowest BCUT2D eigenvalue weighted by Gasteiger charge is -1.88. The highest BCUT2D eigenvalue weighted by Gasteiger charge is 2.07. The number of furan rings is 1. The van der Waals surface area contributed by atoms with Crippen molar-refractivity contribution < 1.29 is 4.42 Å². The number of hydrogen-bond acceptors (Lipinski definition) is 1. The zero-order chi connectivity index (χ0) is 12.0. The predicted molar refractivity (Wildman–Crippen MR) is 72.4 cm³/mol. The summed E-state index contributed by atoms with van der Waals surface area (Å²) in [7, 11) is 0. The third-order valence-corrected chi connectivity index (χ3v) is 2.18. The molecule has 1 aromatic carbocycles. The van der Waals surface area contributed by atoms with Crippen LogP contribution in [0.1, 0.15) is 32.1 Å². The van der Waals surface area contributed by atoms with Gasteiger partial charge >= 0.3 is 0 Å². The van der Waals surface area contributed by atoms with Crippen molar-refractivity contribution in [2.75, 3.05) is 0 Å². The average molecular weight is 214 g/mol.